The van der Waals surface area contributed by atoms with Gasteiger partial charge in [0.15, 0.2) is 0 Å². The van der Waals surface area contributed by atoms with Crippen molar-refractivity contribution < 1.29 is 9.59 Å². The van der Waals surface area contributed by atoms with E-state index in [1.807, 2.05) is 45.2 Å². The molecule has 4 rings (SSSR count). The van der Waals surface area contributed by atoms with Crippen molar-refractivity contribution in [1.29, 1.82) is 0 Å². The zero-order valence-electron chi connectivity index (χ0n) is 19.4. The summed E-state index contributed by atoms with van der Waals surface area (Å²) in [4.78, 5) is 26.0. The first kappa shape index (κ1) is 26.2. The van der Waals surface area contributed by atoms with Gasteiger partial charge in [-0.25, -0.2) is 0 Å². The van der Waals surface area contributed by atoms with Gasteiger partial charge in [-0.05, 0) is 61.9 Å². The average molecular weight is 479 g/mol. The van der Waals surface area contributed by atoms with Gasteiger partial charge in [-0.3, -0.25) is 14.5 Å². The Bertz CT molecular complexity index is 881. The smallest absolute Gasteiger partial charge is 0.251 e. The lowest BCUT2D eigenvalue weighted by atomic mass is 9.79. The van der Waals surface area contributed by atoms with E-state index in [4.69, 9.17) is 17.3 Å². The minimum Gasteiger partial charge on any atom is -0.388 e. The molecular formula is C24H35ClN4O2S. The van der Waals surface area contributed by atoms with Crippen molar-refractivity contribution in [2.45, 2.75) is 59.0 Å². The monoisotopic (exact) mass is 478 g/mol. The second-order valence-corrected chi connectivity index (χ2v) is 9.28. The molecule has 2 amide bonds. The number of fused-ring (bicyclic) bond motifs is 1. The van der Waals surface area contributed by atoms with Crippen molar-refractivity contribution in [3.8, 4) is 0 Å². The van der Waals surface area contributed by atoms with Crippen LogP contribution in [0.1, 0.15) is 60.8 Å². The molecule has 1 fully saturated rings. The minimum atomic E-state index is -0.447. The highest BCUT2D eigenvalue weighted by molar-refractivity contribution is 7.16. The predicted molar refractivity (Wildman–Crippen MR) is 136 cm³/mol. The lowest BCUT2D eigenvalue weighted by molar-refractivity contribution is -0.105. The summed E-state index contributed by atoms with van der Waals surface area (Å²) in [7, 11) is 1.88. The molecular weight excluding hydrogens is 444 g/mol. The summed E-state index contributed by atoms with van der Waals surface area (Å²) in [5.74, 6) is 0.368. The molecule has 0 bridgehead atoms. The molecule has 1 atom stereocenters. The van der Waals surface area contributed by atoms with Crippen LogP contribution in [0.5, 0.6) is 0 Å². The number of halogens is 1. The Hall–Kier alpha value is -2.09. The standard InChI is InChI=1S/C15H21N3O2S.C7H8ClN.C2H6/c1-9(10-3-2-4-10)18-6-5-11-12(7-18)21-15(17-8-19)13(11)14(16)20;1-9-7-4-2-6(8)3-5-7;1-2/h8-10H,2-7H2,1H3,(H2,16,20)(H,17,19);2-5,9H,1H3;1-2H3. The maximum atomic E-state index is 11.7. The van der Waals surface area contributed by atoms with E-state index in [-0.39, 0.29) is 0 Å². The summed E-state index contributed by atoms with van der Waals surface area (Å²) in [5.41, 5.74) is 8.12. The molecule has 32 heavy (non-hydrogen) atoms. The summed E-state index contributed by atoms with van der Waals surface area (Å²) in [6.45, 7) is 8.13. The zero-order valence-corrected chi connectivity index (χ0v) is 21.0. The Morgan fingerprint density at radius 2 is 1.94 bits per heavy atom. The number of hydrogen-bond acceptors (Lipinski definition) is 5. The highest BCUT2D eigenvalue weighted by Crippen LogP contribution is 2.39. The van der Waals surface area contributed by atoms with Crippen LogP contribution in [0, 0.1) is 5.92 Å². The lowest BCUT2D eigenvalue weighted by Gasteiger charge is -2.40. The van der Waals surface area contributed by atoms with Gasteiger partial charge in [0.25, 0.3) is 5.91 Å². The molecule has 176 valence electrons. The van der Waals surface area contributed by atoms with Crippen LogP contribution in [-0.4, -0.2) is 36.9 Å². The normalized spacial score (nSPS) is 16.2. The second kappa shape index (κ2) is 12.8. The van der Waals surface area contributed by atoms with Gasteiger partial charge in [0.05, 0.1) is 5.56 Å². The van der Waals surface area contributed by atoms with Gasteiger partial charge in [0.2, 0.25) is 6.41 Å². The maximum absolute atomic E-state index is 11.7. The number of benzene rings is 1. The molecule has 2 heterocycles. The van der Waals surface area contributed by atoms with Crippen LogP contribution in [0.25, 0.3) is 0 Å². The fourth-order valence-corrected chi connectivity index (χ4v) is 5.39. The summed E-state index contributed by atoms with van der Waals surface area (Å²) in [5, 5.41) is 6.99. The van der Waals surface area contributed by atoms with Gasteiger partial charge in [0, 0.05) is 41.8 Å². The van der Waals surface area contributed by atoms with E-state index in [9.17, 15) is 9.59 Å². The van der Waals surface area contributed by atoms with E-state index < -0.39 is 5.91 Å². The van der Waals surface area contributed by atoms with Gasteiger partial charge in [-0.15, -0.1) is 11.3 Å². The Kier molecular flexibility index (Phi) is 10.5. The van der Waals surface area contributed by atoms with E-state index in [2.05, 4.69) is 22.5 Å². The molecule has 4 N–H and O–H groups in total. The van der Waals surface area contributed by atoms with Gasteiger partial charge in [-0.2, -0.15) is 0 Å². The van der Waals surface area contributed by atoms with Crippen LogP contribution in [0.2, 0.25) is 5.02 Å². The topological polar surface area (TPSA) is 87.5 Å². The molecule has 1 aromatic carbocycles. The molecule has 2 aliphatic rings. The van der Waals surface area contributed by atoms with Crippen LogP contribution in [-0.2, 0) is 17.8 Å². The van der Waals surface area contributed by atoms with Crippen molar-refractivity contribution in [2.24, 2.45) is 11.7 Å². The molecule has 6 nitrogen and oxygen atoms in total. The third-order valence-corrected chi connectivity index (χ3v) is 7.46. The highest BCUT2D eigenvalue weighted by atomic mass is 35.5. The van der Waals surface area contributed by atoms with E-state index in [0.29, 0.717) is 23.0 Å². The Morgan fingerprint density at radius 1 is 1.28 bits per heavy atom. The average Bonchev–Trinajstić information content (AvgIpc) is 3.12. The Labute approximate surface area is 200 Å². The molecule has 0 saturated heterocycles. The Morgan fingerprint density at radius 3 is 2.44 bits per heavy atom. The largest absolute Gasteiger partial charge is 0.388 e. The number of rotatable bonds is 6. The van der Waals surface area contributed by atoms with Gasteiger partial charge in [-0.1, -0.05) is 31.9 Å². The number of nitrogens with one attached hydrogen (secondary N) is 2. The number of primary amides is 1. The molecule has 1 aliphatic heterocycles. The molecule has 0 spiro atoms. The number of carbonyl (C=O) groups excluding carboxylic acids is 2. The first-order valence-corrected chi connectivity index (χ1v) is 12.5. The SMILES string of the molecule is CC.CC(C1CCC1)N1CCc2c(sc(NC=O)c2C(N)=O)C1.CNc1ccc(Cl)cc1. The molecule has 1 aliphatic carbocycles. The summed E-state index contributed by atoms with van der Waals surface area (Å²) in [6.07, 6.45) is 5.46. The lowest BCUT2D eigenvalue weighted by Crippen LogP contribution is -2.43. The highest BCUT2D eigenvalue weighted by Gasteiger charge is 2.33. The zero-order chi connectivity index (χ0) is 23.7. The number of carbonyl (C=O) groups is 2. The molecule has 2 aromatic rings. The third kappa shape index (κ3) is 6.47. The maximum Gasteiger partial charge on any atom is 0.251 e. The number of amides is 2. The second-order valence-electron chi connectivity index (χ2n) is 7.74. The summed E-state index contributed by atoms with van der Waals surface area (Å²) >= 11 is 7.13. The first-order valence-electron chi connectivity index (χ1n) is 11.3. The number of nitrogens with zero attached hydrogens (tertiary/aromatic N) is 1. The van der Waals surface area contributed by atoms with E-state index in [0.717, 1.165) is 41.7 Å². The van der Waals surface area contributed by atoms with Crippen molar-refractivity contribution in [1.82, 2.24) is 4.90 Å². The molecule has 0 radical (unpaired) electrons. The fraction of sp³-hybridized carbons (Fsp3) is 0.500. The van der Waals surface area contributed by atoms with E-state index >= 15 is 0 Å². The van der Waals surface area contributed by atoms with Crippen LogP contribution in [0.4, 0.5) is 10.7 Å². The molecule has 1 unspecified atom stereocenters. The van der Waals surface area contributed by atoms with Gasteiger partial charge < -0.3 is 16.4 Å². The van der Waals surface area contributed by atoms with Crippen molar-refractivity contribution >= 4 is 45.9 Å². The third-order valence-electron chi connectivity index (χ3n) is 6.06. The molecule has 8 heteroatoms. The van der Waals surface area contributed by atoms with E-state index in [1.54, 1.807) is 0 Å². The fourth-order valence-electron chi connectivity index (χ4n) is 4.02. The Balaban J connectivity index is 0.000000277. The number of anilines is 2. The van der Waals surface area contributed by atoms with Crippen LogP contribution in [0.15, 0.2) is 24.3 Å². The van der Waals surface area contributed by atoms with Gasteiger partial charge in [0.1, 0.15) is 5.00 Å². The van der Waals surface area contributed by atoms with Crippen LogP contribution >= 0.6 is 22.9 Å². The van der Waals surface area contributed by atoms with Gasteiger partial charge >= 0.3 is 0 Å². The van der Waals surface area contributed by atoms with E-state index in [1.165, 1.54) is 35.5 Å². The van der Waals surface area contributed by atoms with Crippen LogP contribution in [0.3, 0.4) is 0 Å². The first-order chi connectivity index (χ1) is 15.4. The van der Waals surface area contributed by atoms with Crippen molar-refractivity contribution in [3.63, 3.8) is 0 Å². The number of thiophene rings is 1. The van der Waals surface area contributed by atoms with Crippen molar-refractivity contribution in [2.75, 3.05) is 24.2 Å². The van der Waals surface area contributed by atoms with Crippen molar-refractivity contribution in [3.05, 3.63) is 45.3 Å². The summed E-state index contributed by atoms with van der Waals surface area (Å²) in [6, 6.07) is 8.17. The number of nitrogens with two attached hydrogens (primary N) is 1. The molecule has 1 saturated carbocycles. The minimum absolute atomic E-state index is 0.447. The number of hydrogen-bond donors (Lipinski definition) is 3. The summed E-state index contributed by atoms with van der Waals surface area (Å²) < 4.78 is 0. The van der Waals surface area contributed by atoms with Crippen LogP contribution < -0.4 is 16.4 Å². The predicted octanol–water partition coefficient (Wildman–Crippen LogP) is 5.37. The molecule has 1 aromatic heterocycles. The quantitative estimate of drug-likeness (QED) is 0.487.